The Morgan fingerprint density at radius 3 is 2.80 bits per heavy atom. The Hall–Kier alpha value is -1.71. The third kappa shape index (κ3) is 2.74. The zero-order chi connectivity index (χ0) is 13.9. The van der Waals surface area contributed by atoms with Crippen molar-refractivity contribution in [3.8, 4) is 11.5 Å². The molecule has 0 aliphatic carbocycles. The molecule has 0 amide bonds. The van der Waals surface area contributed by atoms with E-state index in [1.54, 1.807) is 0 Å². The second kappa shape index (κ2) is 5.73. The number of ether oxygens (including phenoxy) is 2. The van der Waals surface area contributed by atoms with Gasteiger partial charge in [0.05, 0.1) is 0 Å². The number of fused-ring (bicyclic) bond motifs is 1. The van der Waals surface area contributed by atoms with Crippen LogP contribution in [0.2, 0.25) is 5.02 Å². The Morgan fingerprint density at radius 1 is 1.10 bits per heavy atom. The highest BCUT2D eigenvalue weighted by atomic mass is 35.5. The second-order valence-electron chi connectivity index (χ2n) is 4.83. The second-order valence-corrected chi connectivity index (χ2v) is 5.26. The summed E-state index contributed by atoms with van der Waals surface area (Å²) in [4.78, 5) is 0. The van der Waals surface area contributed by atoms with E-state index in [9.17, 15) is 0 Å². The van der Waals surface area contributed by atoms with E-state index in [2.05, 4.69) is 24.4 Å². The Labute approximate surface area is 123 Å². The van der Waals surface area contributed by atoms with Crippen LogP contribution in [0.1, 0.15) is 16.7 Å². The largest absolute Gasteiger partial charge is 0.454 e. The highest BCUT2D eigenvalue weighted by Crippen LogP contribution is 2.35. The van der Waals surface area contributed by atoms with E-state index in [1.807, 2.05) is 24.3 Å². The Bertz CT molecular complexity index is 628. The van der Waals surface area contributed by atoms with Gasteiger partial charge in [-0.15, -0.1) is 0 Å². The van der Waals surface area contributed by atoms with Gasteiger partial charge in [-0.1, -0.05) is 29.8 Å². The first kappa shape index (κ1) is 13.3. The van der Waals surface area contributed by atoms with Gasteiger partial charge in [0, 0.05) is 23.7 Å². The van der Waals surface area contributed by atoms with Crippen molar-refractivity contribution >= 4 is 11.6 Å². The molecule has 2 aromatic carbocycles. The molecule has 1 N–H and O–H groups in total. The van der Waals surface area contributed by atoms with Crippen LogP contribution in [0.5, 0.6) is 11.5 Å². The van der Waals surface area contributed by atoms with E-state index in [4.69, 9.17) is 21.1 Å². The van der Waals surface area contributed by atoms with Gasteiger partial charge >= 0.3 is 0 Å². The number of hydrogen-bond donors (Lipinski definition) is 1. The van der Waals surface area contributed by atoms with Gasteiger partial charge in [0.25, 0.3) is 0 Å². The Kier molecular flexibility index (Phi) is 3.81. The van der Waals surface area contributed by atoms with Crippen LogP contribution in [0.4, 0.5) is 0 Å². The van der Waals surface area contributed by atoms with Crippen LogP contribution in [0.15, 0.2) is 36.4 Å². The summed E-state index contributed by atoms with van der Waals surface area (Å²) >= 11 is 5.96. The molecule has 3 nitrogen and oxygen atoms in total. The maximum absolute atomic E-state index is 5.96. The molecular weight excluding hydrogens is 274 g/mol. The summed E-state index contributed by atoms with van der Waals surface area (Å²) in [7, 11) is 0. The zero-order valence-corrected chi connectivity index (χ0v) is 12.0. The van der Waals surface area contributed by atoms with E-state index >= 15 is 0 Å². The fourth-order valence-electron chi connectivity index (χ4n) is 2.32. The number of para-hydroxylation sites is 1. The van der Waals surface area contributed by atoms with E-state index < -0.39 is 0 Å². The van der Waals surface area contributed by atoms with Crippen LogP contribution in [0, 0.1) is 6.92 Å². The fourth-order valence-corrected chi connectivity index (χ4v) is 2.55. The Morgan fingerprint density at radius 2 is 1.95 bits per heavy atom. The van der Waals surface area contributed by atoms with Gasteiger partial charge in [0.2, 0.25) is 6.79 Å². The van der Waals surface area contributed by atoms with Gasteiger partial charge in [0.1, 0.15) is 0 Å². The van der Waals surface area contributed by atoms with Crippen LogP contribution in [0.3, 0.4) is 0 Å². The van der Waals surface area contributed by atoms with E-state index in [1.165, 1.54) is 11.1 Å². The standard InChI is InChI=1S/C16H16ClNO2/c1-11-7-14(17)6-5-12(11)8-18-9-13-3-2-4-15-16(13)20-10-19-15/h2-7,18H,8-10H2,1H3. The zero-order valence-electron chi connectivity index (χ0n) is 11.3. The minimum Gasteiger partial charge on any atom is -0.454 e. The van der Waals surface area contributed by atoms with E-state index in [0.717, 1.165) is 35.2 Å². The summed E-state index contributed by atoms with van der Waals surface area (Å²) in [6, 6.07) is 11.9. The first-order valence-electron chi connectivity index (χ1n) is 6.57. The number of nitrogens with one attached hydrogen (secondary N) is 1. The fraction of sp³-hybridized carbons (Fsp3) is 0.250. The molecule has 0 saturated heterocycles. The van der Waals surface area contributed by atoms with Crippen molar-refractivity contribution in [3.05, 3.63) is 58.1 Å². The van der Waals surface area contributed by atoms with Crippen LogP contribution in [0.25, 0.3) is 0 Å². The number of halogens is 1. The molecule has 0 bridgehead atoms. The molecule has 4 heteroatoms. The summed E-state index contributed by atoms with van der Waals surface area (Å²) in [5.74, 6) is 1.68. The highest BCUT2D eigenvalue weighted by Gasteiger charge is 2.16. The first-order chi connectivity index (χ1) is 9.74. The molecular formula is C16H16ClNO2. The normalized spacial score (nSPS) is 12.7. The summed E-state index contributed by atoms with van der Waals surface area (Å²) in [6.07, 6.45) is 0. The molecule has 0 saturated carbocycles. The van der Waals surface area contributed by atoms with Gasteiger partial charge in [0.15, 0.2) is 11.5 Å². The maximum Gasteiger partial charge on any atom is 0.231 e. The molecule has 0 spiro atoms. The topological polar surface area (TPSA) is 30.5 Å². The molecule has 1 heterocycles. The molecule has 0 fully saturated rings. The lowest BCUT2D eigenvalue weighted by Gasteiger charge is -2.10. The molecule has 0 atom stereocenters. The van der Waals surface area contributed by atoms with Crippen molar-refractivity contribution in [2.45, 2.75) is 20.0 Å². The average Bonchev–Trinajstić information content (AvgIpc) is 2.90. The predicted octanol–water partition coefficient (Wildman–Crippen LogP) is 3.67. The molecule has 104 valence electrons. The minimum absolute atomic E-state index is 0.308. The number of rotatable bonds is 4. The van der Waals surface area contributed by atoms with Crippen molar-refractivity contribution < 1.29 is 9.47 Å². The summed E-state index contributed by atoms with van der Waals surface area (Å²) in [5, 5.41) is 4.20. The van der Waals surface area contributed by atoms with E-state index in [0.29, 0.717) is 6.79 Å². The quantitative estimate of drug-likeness (QED) is 0.931. The molecule has 0 unspecified atom stereocenters. The number of aryl methyl sites for hydroxylation is 1. The van der Waals surface area contributed by atoms with Crippen LogP contribution in [-0.2, 0) is 13.1 Å². The number of benzene rings is 2. The summed E-state index contributed by atoms with van der Waals surface area (Å²) in [5.41, 5.74) is 3.56. The van der Waals surface area contributed by atoms with Gasteiger partial charge in [-0.05, 0) is 36.2 Å². The van der Waals surface area contributed by atoms with Gasteiger partial charge < -0.3 is 14.8 Å². The van der Waals surface area contributed by atoms with Crippen LogP contribution < -0.4 is 14.8 Å². The van der Waals surface area contributed by atoms with Crippen molar-refractivity contribution in [3.63, 3.8) is 0 Å². The average molecular weight is 290 g/mol. The molecule has 1 aliphatic heterocycles. The molecule has 0 aromatic heterocycles. The SMILES string of the molecule is Cc1cc(Cl)ccc1CNCc1cccc2c1OCO2. The maximum atomic E-state index is 5.96. The smallest absolute Gasteiger partial charge is 0.231 e. The van der Waals surface area contributed by atoms with Crippen molar-refractivity contribution in [1.29, 1.82) is 0 Å². The molecule has 0 radical (unpaired) electrons. The predicted molar refractivity (Wildman–Crippen MR) is 79.3 cm³/mol. The third-order valence-corrected chi connectivity index (χ3v) is 3.65. The first-order valence-corrected chi connectivity index (χ1v) is 6.95. The lowest BCUT2D eigenvalue weighted by atomic mass is 10.1. The molecule has 1 aliphatic rings. The van der Waals surface area contributed by atoms with Crippen molar-refractivity contribution in [2.24, 2.45) is 0 Å². The summed E-state index contributed by atoms with van der Waals surface area (Å²) < 4.78 is 10.9. The van der Waals surface area contributed by atoms with Gasteiger partial charge in [-0.3, -0.25) is 0 Å². The lowest BCUT2D eigenvalue weighted by molar-refractivity contribution is 0.173. The lowest BCUT2D eigenvalue weighted by Crippen LogP contribution is -2.13. The van der Waals surface area contributed by atoms with Crippen LogP contribution in [-0.4, -0.2) is 6.79 Å². The van der Waals surface area contributed by atoms with Crippen molar-refractivity contribution in [1.82, 2.24) is 5.32 Å². The van der Waals surface area contributed by atoms with Gasteiger partial charge in [-0.25, -0.2) is 0 Å². The van der Waals surface area contributed by atoms with Gasteiger partial charge in [-0.2, -0.15) is 0 Å². The Balaban J connectivity index is 1.64. The van der Waals surface area contributed by atoms with Crippen LogP contribution >= 0.6 is 11.6 Å². The number of hydrogen-bond acceptors (Lipinski definition) is 3. The molecule has 20 heavy (non-hydrogen) atoms. The van der Waals surface area contributed by atoms with E-state index in [-0.39, 0.29) is 0 Å². The molecule has 2 aromatic rings. The third-order valence-electron chi connectivity index (χ3n) is 3.41. The summed E-state index contributed by atoms with van der Waals surface area (Å²) in [6.45, 7) is 3.92. The van der Waals surface area contributed by atoms with Crippen molar-refractivity contribution in [2.75, 3.05) is 6.79 Å². The minimum atomic E-state index is 0.308. The molecule has 3 rings (SSSR count). The highest BCUT2D eigenvalue weighted by molar-refractivity contribution is 6.30. The monoisotopic (exact) mass is 289 g/mol.